The summed E-state index contributed by atoms with van der Waals surface area (Å²) in [4.78, 5) is 17.3. The minimum Gasteiger partial charge on any atom is -0.394 e. The summed E-state index contributed by atoms with van der Waals surface area (Å²) in [6.45, 7) is -0.296. The third-order valence-corrected chi connectivity index (χ3v) is 3.14. The maximum atomic E-state index is 11.8. The Morgan fingerprint density at radius 3 is 2.84 bits per heavy atom. The lowest BCUT2D eigenvalue weighted by molar-refractivity contribution is -0.0458. The van der Waals surface area contributed by atoms with Crippen LogP contribution in [0.3, 0.4) is 0 Å². The molecule has 1 saturated heterocycles. The van der Waals surface area contributed by atoms with Crippen molar-refractivity contribution >= 4 is 11.5 Å². The fourth-order valence-corrected chi connectivity index (χ4v) is 2.07. The predicted octanol–water partition coefficient (Wildman–Crippen LogP) is -1.47. The zero-order valence-corrected chi connectivity index (χ0v) is 10.9. The summed E-state index contributed by atoms with van der Waals surface area (Å²) >= 11 is 0. The van der Waals surface area contributed by atoms with Gasteiger partial charge in [0, 0.05) is 26.7 Å². The number of nitrogen functional groups attached to an aromatic ring is 1. The van der Waals surface area contributed by atoms with Crippen LogP contribution < -0.4 is 16.3 Å². The summed E-state index contributed by atoms with van der Waals surface area (Å²) in [7, 11) is 3.56. The van der Waals surface area contributed by atoms with Crippen LogP contribution in [0.25, 0.3) is 0 Å². The molecule has 1 aliphatic heterocycles. The van der Waals surface area contributed by atoms with E-state index in [1.54, 1.807) is 25.2 Å². The zero-order chi connectivity index (χ0) is 14.2. The number of aromatic nitrogens is 2. The quantitative estimate of drug-likeness (QED) is 0.614. The fraction of sp³-hybridized carbons (Fsp3) is 0.636. The zero-order valence-electron chi connectivity index (χ0n) is 10.9. The van der Waals surface area contributed by atoms with E-state index >= 15 is 0 Å². The molecule has 1 fully saturated rings. The molecular formula is C11H18N4O4. The van der Waals surface area contributed by atoms with Crippen molar-refractivity contribution < 1.29 is 14.9 Å². The molecule has 2 heterocycles. The van der Waals surface area contributed by atoms with Gasteiger partial charge >= 0.3 is 5.69 Å². The van der Waals surface area contributed by atoms with Crippen molar-refractivity contribution in [3.05, 3.63) is 16.7 Å². The molecule has 0 bridgehead atoms. The molecule has 0 unspecified atom stereocenters. The van der Waals surface area contributed by atoms with E-state index in [9.17, 15) is 9.90 Å². The fourth-order valence-electron chi connectivity index (χ4n) is 2.07. The lowest BCUT2D eigenvalue weighted by atomic mass is 10.2. The number of aliphatic hydroxyl groups excluding tert-OH is 2. The summed E-state index contributed by atoms with van der Waals surface area (Å²) in [5.41, 5.74) is 5.72. The second kappa shape index (κ2) is 5.16. The smallest absolute Gasteiger partial charge is 0.351 e. The molecule has 0 saturated carbocycles. The van der Waals surface area contributed by atoms with Gasteiger partial charge in [0.15, 0.2) is 5.82 Å². The molecular weight excluding hydrogens is 252 g/mol. The van der Waals surface area contributed by atoms with Gasteiger partial charge in [-0.2, -0.15) is 4.98 Å². The van der Waals surface area contributed by atoms with Gasteiger partial charge in [-0.15, -0.1) is 0 Å². The maximum Gasteiger partial charge on any atom is 0.351 e. The van der Waals surface area contributed by atoms with E-state index in [1.165, 1.54) is 4.57 Å². The van der Waals surface area contributed by atoms with Gasteiger partial charge in [-0.1, -0.05) is 0 Å². The molecule has 19 heavy (non-hydrogen) atoms. The minimum absolute atomic E-state index is 0.142. The third kappa shape index (κ3) is 2.55. The van der Waals surface area contributed by atoms with Crippen molar-refractivity contribution in [1.29, 1.82) is 0 Å². The first-order valence-corrected chi connectivity index (χ1v) is 5.94. The first-order chi connectivity index (χ1) is 8.93. The number of rotatable bonds is 3. The van der Waals surface area contributed by atoms with Crippen LogP contribution in [0.5, 0.6) is 0 Å². The van der Waals surface area contributed by atoms with Crippen molar-refractivity contribution in [2.45, 2.75) is 24.9 Å². The van der Waals surface area contributed by atoms with Crippen molar-refractivity contribution in [2.24, 2.45) is 0 Å². The van der Waals surface area contributed by atoms with E-state index in [1.807, 2.05) is 0 Å². The lowest BCUT2D eigenvalue weighted by Gasteiger charge is -2.19. The number of aliphatic hydroxyl groups is 2. The van der Waals surface area contributed by atoms with Crippen LogP contribution in [0, 0.1) is 0 Å². The molecule has 0 aromatic carbocycles. The van der Waals surface area contributed by atoms with Gasteiger partial charge in [-0.05, 0) is 0 Å². The number of nitrogens with zero attached hydrogens (tertiary/aromatic N) is 3. The maximum absolute atomic E-state index is 11.8. The molecule has 0 spiro atoms. The van der Waals surface area contributed by atoms with Crippen molar-refractivity contribution in [1.82, 2.24) is 9.55 Å². The molecule has 2 rings (SSSR count). The van der Waals surface area contributed by atoms with Crippen LogP contribution in [0.15, 0.2) is 11.0 Å². The number of nitrogens with two attached hydrogens (primary N) is 1. The molecule has 0 amide bonds. The summed E-state index contributed by atoms with van der Waals surface area (Å²) in [5, 5.41) is 18.7. The van der Waals surface area contributed by atoms with Gasteiger partial charge in [0.25, 0.3) is 0 Å². The highest BCUT2D eigenvalue weighted by atomic mass is 16.5. The SMILES string of the molecule is CN(C)c1cn([C@H]2C[C@H](O)[C@@H](CO)O2)c(=O)nc1N. The topological polar surface area (TPSA) is 114 Å². The Morgan fingerprint density at radius 2 is 2.32 bits per heavy atom. The van der Waals surface area contributed by atoms with Crippen molar-refractivity contribution in [3.8, 4) is 0 Å². The largest absolute Gasteiger partial charge is 0.394 e. The molecule has 8 heteroatoms. The van der Waals surface area contributed by atoms with Gasteiger partial charge in [0.05, 0.1) is 18.4 Å². The highest BCUT2D eigenvalue weighted by Crippen LogP contribution is 2.28. The first kappa shape index (κ1) is 13.8. The van der Waals surface area contributed by atoms with Gasteiger partial charge in [0.2, 0.25) is 0 Å². The third-order valence-electron chi connectivity index (χ3n) is 3.14. The Labute approximate surface area is 110 Å². The Balaban J connectivity index is 2.36. The van der Waals surface area contributed by atoms with Crippen LogP contribution >= 0.6 is 0 Å². The summed E-state index contributed by atoms with van der Waals surface area (Å²) in [5.74, 6) is 0.142. The van der Waals surface area contributed by atoms with Gasteiger partial charge < -0.3 is 25.6 Å². The summed E-state index contributed by atoms with van der Waals surface area (Å²) in [6, 6.07) is 0. The predicted molar refractivity (Wildman–Crippen MR) is 68.9 cm³/mol. The van der Waals surface area contributed by atoms with E-state index in [2.05, 4.69) is 4.98 Å². The summed E-state index contributed by atoms with van der Waals surface area (Å²) in [6.07, 6.45) is -0.364. The average Bonchev–Trinajstić information content (AvgIpc) is 2.69. The summed E-state index contributed by atoms with van der Waals surface area (Å²) < 4.78 is 6.71. The van der Waals surface area contributed by atoms with Crippen LogP contribution in [-0.4, -0.2) is 52.7 Å². The standard InChI is InChI=1S/C11H18N4O4/c1-14(2)6-4-15(11(18)13-10(6)12)9-3-7(17)8(5-16)19-9/h4,7-9,16-17H,3,5H2,1-2H3,(H2,12,13,18)/t7-,8+,9+/m0/s1. The lowest BCUT2D eigenvalue weighted by Crippen LogP contribution is -2.30. The Hall–Kier alpha value is -1.64. The Bertz CT molecular complexity index is 516. The number of hydrogen-bond acceptors (Lipinski definition) is 7. The van der Waals surface area contributed by atoms with Gasteiger partial charge in [-0.25, -0.2) is 4.79 Å². The number of ether oxygens (including phenoxy) is 1. The molecule has 3 atom stereocenters. The molecule has 8 nitrogen and oxygen atoms in total. The van der Waals surface area contributed by atoms with Gasteiger partial charge in [0.1, 0.15) is 12.3 Å². The molecule has 0 radical (unpaired) electrons. The first-order valence-electron chi connectivity index (χ1n) is 5.94. The van der Waals surface area contributed by atoms with Crippen LogP contribution in [0.4, 0.5) is 11.5 Å². The second-order valence-corrected chi connectivity index (χ2v) is 4.71. The Morgan fingerprint density at radius 1 is 1.63 bits per heavy atom. The van der Waals surface area contributed by atoms with Gasteiger partial charge in [-0.3, -0.25) is 4.57 Å². The highest BCUT2D eigenvalue weighted by Gasteiger charge is 2.35. The van der Waals surface area contributed by atoms with E-state index in [-0.39, 0.29) is 18.8 Å². The van der Waals surface area contributed by atoms with Crippen molar-refractivity contribution in [3.63, 3.8) is 0 Å². The highest BCUT2D eigenvalue weighted by molar-refractivity contribution is 5.60. The molecule has 4 N–H and O–H groups in total. The molecule has 1 aromatic heterocycles. The molecule has 1 aliphatic rings. The van der Waals surface area contributed by atoms with Crippen LogP contribution in [-0.2, 0) is 4.74 Å². The average molecular weight is 270 g/mol. The second-order valence-electron chi connectivity index (χ2n) is 4.71. The number of hydrogen-bond donors (Lipinski definition) is 3. The molecule has 106 valence electrons. The van der Waals surface area contributed by atoms with E-state index in [0.29, 0.717) is 5.69 Å². The van der Waals surface area contributed by atoms with Crippen LogP contribution in [0.1, 0.15) is 12.6 Å². The molecule has 1 aromatic rings. The van der Waals surface area contributed by atoms with Crippen molar-refractivity contribution in [2.75, 3.05) is 31.3 Å². The number of anilines is 2. The molecule has 0 aliphatic carbocycles. The van der Waals surface area contributed by atoms with Crippen LogP contribution in [0.2, 0.25) is 0 Å². The Kier molecular flexibility index (Phi) is 3.74. The van der Waals surface area contributed by atoms with E-state index in [0.717, 1.165) is 0 Å². The normalized spacial score (nSPS) is 26.6. The monoisotopic (exact) mass is 270 g/mol. The van der Waals surface area contributed by atoms with E-state index < -0.39 is 24.1 Å². The minimum atomic E-state index is -0.803. The van der Waals surface area contributed by atoms with E-state index in [4.69, 9.17) is 15.6 Å².